The topological polar surface area (TPSA) is 98.4 Å². The summed E-state index contributed by atoms with van der Waals surface area (Å²) in [6, 6.07) is 2.20. The van der Waals surface area contributed by atoms with Crippen molar-refractivity contribution in [3.63, 3.8) is 0 Å². The molecule has 0 heterocycles. The van der Waals surface area contributed by atoms with E-state index in [9.17, 15) is 25.1 Å². The largest absolute Gasteiger partial charge is 0.394 e. The molecule has 1 unspecified atom stereocenters. The Morgan fingerprint density at radius 3 is 2.24 bits per heavy atom. The number of nitrogens with zero attached hydrogens (tertiary/aromatic N) is 1. The number of allylic oxidation sites excluding steroid dienone is 2. The van der Waals surface area contributed by atoms with E-state index in [4.69, 9.17) is 0 Å². The van der Waals surface area contributed by atoms with Gasteiger partial charge in [0, 0.05) is 23.2 Å². The number of hydrogen-bond donors (Lipinski definition) is 2. The number of rotatable bonds is 2. The minimum atomic E-state index is -0.795. The second kappa shape index (κ2) is 8.01. The Bertz CT molecular complexity index is 1100. The standard InChI is InChI=1S/C32H47NO4/c1-27(2)10-12-32(24(36)18-34)13-11-31(7)25(20(32)16-27)21(35)14-23-29(5)15-19(17-33)26(37)28(3,4)22(29)8-9-30(23,31)6/h15,20,22-25,34,36H,8-14,16,18H2,1-7H3/t20-,22+,23-,24?,25+,29+,30-,31-,32+/m1/s1. The molecule has 37 heavy (non-hydrogen) atoms. The van der Waals surface area contributed by atoms with E-state index in [-0.39, 0.29) is 57.9 Å². The van der Waals surface area contributed by atoms with Crippen molar-refractivity contribution in [1.29, 1.82) is 5.26 Å². The lowest BCUT2D eigenvalue weighted by molar-refractivity contribution is -0.236. The summed E-state index contributed by atoms with van der Waals surface area (Å²) < 4.78 is 0. The number of aliphatic hydroxyl groups is 2. The summed E-state index contributed by atoms with van der Waals surface area (Å²) in [5.41, 5.74) is -1.42. The lowest BCUT2D eigenvalue weighted by Gasteiger charge is -2.72. The Morgan fingerprint density at radius 2 is 1.62 bits per heavy atom. The van der Waals surface area contributed by atoms with E-state index < -0.39 is 22.3 Å². The molecule has 5 heteroatoms. The molecular weight excluding hydrogens is 462 g/mol. The van der Waals surface area contributed by atoms with Crippen molar-refractivity contribution >= 4 is 11.6 Å². The summed E-state index contributed by atoms with van der Waals surface area (Å²) in [5, 5.41) is 31.2. The first kappa shape index (κ1) is 27.1. The molecule has 9 atom stereocenters. The summed E-state index contributed by atoms with van der Waals surface area (Å²) in [6.45, 7) is 15.3. The molecule has 0 bridgehead atoms. The average molecular weight is 510 g/mol. The third kappa shape index (κ3) is 3.27. The highest BCUT2D eigenvalue weighted by Gasteiger charge is 2.72. The number of Topliss-reactive ketones (excluding diaryl/α,β-unsaturated/α-hetero) is 2. The summed E-state index contributed by atoms with van der Waals surface area (Å²) in [4.78, 5) is 27.7. The molecule has 204 valence electrons. The van der Waals surface area contributed by atoms with Crippen molar-refractivity contribution in [3.05, 3.63) is 11.6 Å². The quantitative estimate of drug-likeness (QED) is 0.502. The van der Waals surface area contributed by atoms with Gasteiger partial charge in [0.1, 0.15) is 11.9 Å². The van der Waals surface area contributed by atoms with Crippen molar-refractivity contribution in [2.24, 2.45) is 56.2 Å². The fourth-order valence-corrected chi connectivity index (χ4v) is 11.1. The van der Waals surface area contributed by atoms with Gasteiger partial charge >= 0.3 is 0 Å². The van der Waals surface area contributed by atoms with E-state index in [0.717, 1.165) is 44.9 Å². The molecule has 4 fully saturated rings. The van der Waals surface area contributed by atoms with Crippen LogP contribution in [-0.2, 0) is 9.59 Å². The van der Waals surface area contributed by atoms with Gasteiger partial charge in [-0.3, -0.25) is 9.59 Å². The average Bonchev–Trinajstić information content (AvgIpc) is 2.82. The van der Waals surface area contributed by atoms with Crippen molar-refractivity contribution in [2.45, 2.75) is 106 Å². The van der Waals surface area contributed by atoms with Crippen LogP contribution in [0.25, 0.3) is 0 Å². The Balaban J connectivity index is 1.64. The maximum atomic E-state index is 14.4. The smallest absolute Gasteiger partial charge is 0.178 e. The van der Waals surface area contributed by atoms with Gasteiger partial charge in [-0.15, -0.1) is 0 Å². The second-order valence-electron chi connectivity index (χ2n) is 15.6. The van der Waals surface area contributed by atoms with Crippen LogP contribution in [0, 0.1) is 67.5 Å². The van der Waals surface area contributed by atoms with Gasteiger partial charge in [0.05, 0.1) is 18.3 Å². The molecule has 0 spiro atoms. The minimum Gasteiger partial charge on any atom is -0.394 e. The minimum absolute atomic E-state index is 0.0579. The summed E-state index contributed by atoms with van der Waals surface area (Å²) in [5.74, 6) is 0.324. The van der Waals surface area contributed by atoms with Gasteiger partial charge in [-0.1, -0.05) is 54.5 Å². The van der Waals surface area contributed by atoms with Crippen molar-refractivity contribution in [1.82, 2.24) is 0 Å². The fourth-order valence-electron chi connectivity index (χ4n) is 11.1. The number of nitriles is 1. The number of aliphatic hydroxyl groups excluding tert-OH is 2. The lowest BCUT2D eigenvalue weighted by atomic mass is 9.31. The number of ketones is 2. The first-order valence-corrected chi connectivity index (χ1v) is 14.5. The third-order valence-electron chi connectivity index (χ3n) is 13.4. The van der Waals surface area contributed by atoms with Gasteiger partial charge in [-0.05, 0) is 84.4 Å². The molecule has 0 radical (unpaired) electrons. The summed E-state index contributed by atoms with van der Waals surface area (Å²) in [7, 11) is 0. The predicted molar refractivity (Wildman–Crippen MR) is 142 cm³/mol. The molecule has 5 aliphatic rings. The molecule has 4 saturated carbocycles. The highest BCUT2D eigenvalue weighted by molar-refractivity contribution is 6.04. The molecule has 0 aromatic carbocycles. The second-order valence-corrected chi connectivity index (χ2v) is 15.6. The third-order valence-corrected chi connectivity index (χ3v) is 13.4. The molecule has 2 N–H and O–H groups in total. The van der Waals surface area contributed by atoms with Crippen LogP contribution in [0.3, 0.4) is 0 Å². The van der Waals surface area contributed by atoms with E-state index in [1.807, 2.05) is 19.9 Å². The van der Waals surface area contributed by atoms with Crippen LogP contribution in [0.5, 0.6) is 0 Å². The highest BCUT2D eigenvalue weighted by atomic mass is 16.3. The van der Waals surface area contributed by atoms with Crippen LogP contribution < -0.4 is 0 Å². The number of carbonyl (C=O) groups is 2. The van der Waals surface area contributed by atoms with E-state index in [1.165, 1.54) is 0 Å². The maximum absolute atomic E-state index is 14.4. The molecule has 0 aromatic heterocycles. The summed E-state index contributed by atoms with van der Waals surface area (Å²) >= 11 is 0. The monoisotopic (exact) mass is 509 g/mol. The Labute approximate surface area is 223 Å². The normalized spacial score (nSPS) is 48.9. The molecule has 0 saturated heterocycles. The van der Waals surface area contributed by atoms with Crippen molar-refractivity contribution < 1.29 is 19.8 Å². The van der Waals surface area contributed by atoms with Crippen LogP contribution in [0.4, 0.5) is 0 Å². The summed E-state index contributed by atoms with van der Waals surface area (Å²) in [6.07, 6.45) is 7.96. The van der Waals surface area contributed by atoms with E-state index in [0.29, 0.717) is 12.2 Å². The van der Waals surface area contributed by atoms with Crippen LogP contribution in [-0.4, -0.2) is 34.5 Å². The van der Waals surface area contributed by atoms with Crippen LogP contribution >= 0.6 is 0 Å². The zero-order chi connectivity index (χ0) is 27.4. The van der Waals surface area contributed by atoms with Gasteiger partial charge < -0.3 is 10.2 Å². The lowest BCUT2D eigenvalue weighted by Crippen LogP contribution is -2.69. The highest BCUT2D eigenvalue weighted by Crippen LogP contribution is 2.76. The van der Waals surface area contributed by atoms with Crippen LogP contribution in [0.2, 0.25) is 0 Å². The van der Waals surface area contributed by atoms with E-state index >= 15 is 0 Å². The Morgan fingerprint density at radius 1 is 0.973 bits per heavy atom. The molecule has 0 aromatic rings. The zero-order valence-corrected chi connectivity index (χ0v) is 24.0. The first-order chi connectivity index (χ1) is 17.0. The van der Waals surface area contributed by atoms with Gasteiger partial charge in [-0.2, -0.15) is 5.26 Å². The Hall–Kier alpha value is -1.51. The van der Waals surface area contributed by atoms with Crippen molar-refractivity contribution in [2.75, 3.05) is 6.61 Å². The fraction of sp³-hybridized carbons (Fsp3) is 0.844. The number of carbonyl (C=O) groups excluding carboxylic acids is 2. The Kier molecular flexibility index (Phi) is 5.86. The molecule has 5 rings (SSSR count). The van der Waals surface area contributed by atoms with E-state index in [2.05, 4.69) is 40.7 Å². The van der Waals surface area contributed by atoms with Crippen LogP contribution in [0.15, 0.2) is 11.6 Å². The molecule has 0 amide bonds. The van der Waals surface area contributed by atoms with Gasteiger partial charge in [0.2, 0.25) is 0 Å². The maximum Gasteiger partial charge on any atom is 0.178 e. The molecule has 5 aliphatic carbocycles. The van der Waals surface area contributed by atoms with Gasteiger partial charge in [0.15, 0.2) is 5.78 Å². The molecule has 5 nitrogen and oxygen atoms in total. The van der Waals surface area contributed by atoms with Gasteiger partial charge in [-0.25, -0.2) is 0 Å². The first-order valence-electron chi connectivity index (χ1n) is 14.5. The predicted octanol–water partition coefficient (Wildman–Crippen LogP) is 5.64. The number of fused-ring (bicyclic) bond motifs is 7. The molecular formula is C32H47NO4. The number of hydrogen-bond acceptors (Lipinski definition) is 5. The van der Waals surface area contributed by atoms with Crippen LogP contribution in [0.1, 0.15) is 99.8 Å². The zero-order valence-electron chi connectivity index (χ0n) is 24.0. The van der Waals surface area contributed by atoms with Gasteiger partial charge in [0.25, 0.3) is 0 Å². The SMILES string of the molecule is CC1(C)CC[C@]2(C(O)CO)CC[C@]3(C)[C@H](C(=O)C[C@@H]4[C@@]5(C)C=C(C#N)C(=O)C(C)(C)[C@@H]5CC[C@]43C)[C@H]2C1. The van der Waals surface area contributed by atoms with Crippen molar-refractivity contribution in [3.8, 4) is 6.07 Å². The van der Waals surface area contributed by atoms with E-state index in [1.54, 1.807) is 0 Å². The molecule has 0 aliphatic heterocycles.